The van der Waals surface area contributed by atoms with E-state index in [-0.39, 0.29) is 25.1 Å². The van der Waals surface area contributed by atoms with Crippen molar-refractivity contribution in [3.8, 4) is 0 Å². The minimum Gasteiger partial charge on any atom is -0.394 e. The number of likely N-dealkylation sites (tertiary alicyclic amines) is 1. The van der Waals surface area contributed by atoms with Gasteiger partial charge in [-0.1, -0.05) is 0 Å². The van der Waals surface area contributed by atoms with E-state index in [1.165, 1.54) is 4.90 Å². The van der Waals surface area contributed by atoms with Crippen LogP contribution in [0.4, 0.5) is 0 Å². The number of carbonyl (C=O) groups excluding carboxylic acids is 1. The normalized spacial score (nSPS) is 24.3. The number of rotatable bonds is 3. The minimum atomic E-state index is -0.532. The van der Waals surface area contributed by atoms with E-state index in [0.29, 0.717) is 13.0 Å². The molecule has 2 rings (SSSR count). The van der Waals surface area contributed by atoms with Crippen molar-refractivity contribution >= 4 is 5.91 Å². The van der Waals surface area contributed by atoms with Gasteiger partial charge in [0.1, 0.15) is 6.54 Å². The second kappa shape index (κ2) is 4.85. The van der Waals surface area contributed by atoms with E-state index in [1.807, 2.05) is 6.92 Å². The minimum absolute atomic E-state index is 0.110. The van der Waals surface area contributed by atoms with Gasteiger partial charge in [0.15, 0.2) is 0 Å². The van der Waals surface area contributed by atoms with Gasteiger partial charge in [-0.25, -0.2) is 0 Å². The standard InChI is InChI=1S/C11H17N3O3/c1-8-3-12-13(4-8)6-11(17)14-5-10(16)2-9(14)7-15/h3-4,9-10,15-16H,2,5-7H2,1H3. The highest BCUT2D eigenvalue weighted by Gasteiger charge is 2.33. The zero-order valence-electron chi connectivity index (χ0n) is 9.78. The fraction of sp³-hybridized carbons (Fsp3) is 0.636. The van der Waals surface area contributed by atoms with Crippen LogP contribution in [-0.4, -0.2) is 56.1 Å². The monoisotopic (exact) mass is 239 g/mol. The molecular weight excluding hydrogens is 222 g/mol. The molecule has 0 aromatic carbocycles. The van der Waals surface area contributed by atoms with Gasteiger partial charge in [-0.15, -0.1) is 0 Å². The summed E-state index contributed by atoms with van der Waals surface area (Å²) < 4.78 is 1.57. The molecule has 1 saturated heterocycles. The Morgan fingerprint density at radius 2 is 2.41 bits per heavy atom. The number of hydrogen-bond acceptors (Lipinski definition) is 4. The van der Waals surface area contributed by atoms with Crippen molar-refractivity contribution in [2.45, 2.75) is 32.0 Å². The molecule has 2 heterocycles. The zero-order chi connectivity index (χ0) is 12.4. The average Bonchev–Trinajstić information content (AvgIpc) is 2.84. The lowest BCUT2D eigenvalue weighted by Crippen LogP contribution is -2.40. The van der Waals surface area contributed by atoms with Crippen molar-refractivity contribution in [2.24, 2.45) is 0 Å². The molecule has 0 spiro atoms. The molecule has 1 aromatic rings. The predicted molar refractivity (Wildman–Crippen MR) is 60.2 cm³/mol. The number of amides is 1. The van der Waals surface area contributed by atoms with Gasteiger partial charge in [0.2, 0.25) is 5.91 Å². The number of hydrogen-bond donors (Lipinski definition) is 2. The topological polar surface area (TPSA) is 78.6 Å². The van der Waals surface area contributed by atoms with Crippen LogP contribution in [0.3, 0.4) is 0 Å². The van der Waals surface area contributed by atoms with Gasteiger partial charge in [0, 0.05) is 12.7 Å². The van der Waals surface area contributed by atoms with Gasteiger partial charge in [-0.2, -0.15) is 5.10 Å². The predicted octanol–water partition coefficient (Wildman–Crippen LogP) is -0.854. The van der Waals surface area contributed by atoms with Crippen LogP contribution in [-0.2, 0) is 11.3 Å². The van der Waals surface area contributed by atoms with Gasteiger partial charge in [-0.05, 0) is 18.9 Å². The molecule has 1 fully saturated rings. The summed E-state index contributed by atoms with van der Waals surface area (Å²) in [6, 6.07) is -0.269. The second-order valence-electron chi connectivity index (χ2n) is 4.49. The van der Waals surface area contributed by atoms with Crippen LogP contribution in [0.1, 0.15) is 12.0 Å². The van der Waals surface area contributed by atoms with Crippen molar-refractivity contribution in [1.29, 1.82) is 0 Å². The molecule has 0 saturated carbocycles. The van der Waals surface area contributed by atoms with Crippen molar-refractivity contribution < 1.29 is 15.0 Å². The van der Waals surface area contributed by atoms with E-state index in [9.17, 15) is 9.90 Å². The lowest BCUT2D eigenvalue weighted by Gasteiger charge is -2.22. The highest BCUT2D eigenvalue weighted by atomic mass is 16.3. The van der Waals surface area contributed by atoms with Gasteiger partial charge < -0.3 is 15.1 Å². The Morgan fingerprint density at radius 1 is 1.65 bits per heavy atom. The summed E-state index contributed by atoms with van der Waals surface area (Å²) in [6.45, 7) is 2.24. The molecular formula is C11H17N3O3. The molecule has 17 heavy (non-hydrogen) atoms. The Balaban J connectivity index is 2.00. The first-order chi connectivity index (χ1) is 8.10. The summed E-state index contributed by atoms with van der Waals surface area (Å²) in [5.41, 5.74) is 0.998. The second-order valence-corrected chi connectivity index (χ2v) is 4.49. The fourth-order valence-electron chi connectivity index (χ4n) is 2.15. The third kappa shape index (κ3) is 2.65. The molecule has 0 radical (unpaired) electrons. The number of carbonyl (C=O) groups is 1. The molecule has 0 bridgehead atoms. The Kier molecular flexibility index (Phi) is 3.44. The molecule has 1 aliphatic heterocycles. The number of aryl methyl sites for hydroxylation is 1. The zero-order valence-corrected chi connectivity index (χ0v) is 9.78. The smallest absolute Gasteiger partial charge is 0.244 e. The molecule has 2 atom stereocenters. The first-order valence-corrected chi connectivity index (χ1v) is 5.67. The molecule has 94 valence electrons. The fourth-order valence-corrected chi connectivity index (χ4v) is 2.15. The van der Waals surface area contributed by atoms with Crippen LogP contribution in [0.25, 0.3) is 0 Å². The van der Waals surface area contributed by atoms with Gasteiger partial charge in [-0.3, -0.25) is 9.48 Å². The molecule has 2 N–H and O–H groups in total. The van der Waals surface area contributed by atoms with Crippen LogP contribution in [0, 0.1) is 6.92 Å². The third-order valence-corrected chi connectivity index (χ3v) is 2.98. The Labute approximate surface area is 99.5 Å². The third-order valence-electron chi connectivity index (χ3n) is 2.98. The van der Waals surface area contributed by atoms with Crippen LogP contribution in [0.2, 0.25) is 0 Å². The van der Waals surface area contributed by atoms with Crippen LogP contribution >= 0.6 is 0 Å². The number of aromatic nitrogens is 2. The number of aliphatic hydroxyl groups is 2. The Hall–Kier alpha value is -1.40. The summed E-state index contributed by atoms with van der Waals surface area (Å²) in [5.74, 6) is -0.122. The first kappa shape index (κ1) is 12.1. The maximum atomic E-state index is 12.0. The quantitative estimate of drug-likeness (QED) is 0.720. The van der Waals surface area contributed by atoms with E-state index in [0.717, 1.165) is 5.56 Å². The number of β-amino-alcohol motifs (C(OH)–C–C–N with tert-alkyl or cyclic N) is 1. The first-order valence-electron chi connectivity index (χ1n) is 5.67. The van der Waals surface area contributed by atoms with Gasteiger partial charge in [0.05, 0.1) is 24.9 Å². The molecule has 6 nitrogen and oxygen atoms in total. The summed E-state index contributed by atoms with van der Waals surface area (Å²) in [5, 5.41) is 22.7. The molecule has 1 amide bonds. The highest BCUT2D eigenvalue weighted by Crippen LogP contribution is 2.17. The maximum absolute atomic E-state index is 12.0. The van der Waals surface area contributed by atoms with Crippen molar-refractivity contribution in [3.05, 3.63) is 18.0 Å². The van der Waals surface area contributed by atoms with E-state index in [4.69, 9.17) is 5.11 Å². The molecule has 1 aromatic heterocycles. The summed E-state index contributed by atoms with van der Waals surface area (Å²) in [6.07, 6.45) is 3.39. The van der Waals surface area contributed by atoms with Crippen molar-refractivity contribution in [1.82, 2.24) is 14.7 Å². The molecule has 1 aliphatic rings. The van der Waals surface area contributed by atoms with Crippen molar-refractivity contribution in [2.75, 3.05) is 13.2 Å². The van der Waals surface area contributed by atoms with Gasteiger partial charge in [0.25, 0.3) is 0 Å². The number of aliphatic hydroxyl groups excluding tert-OH is 2. The van der Waals surface area contributed by atoms with E-state index >= 15 is 0 Å². The Morgan fingerprint density at radius 3 is 3.00 bits per heavy atom. The summed E-state index contributed by atoms with van der Waals surface area (Å²) in [4.78, 5) is 13.5. The lowest BCUT2D eigenvalue weighted by molar-refractivity contribution is -0.133. The van der Waals surface area contributed by atoms with Crippen molar-refractivity contribution in [3.63, 3.8) is 0 Å². The SMILES string of the molecule is Cc1cnn(CC(=O)N2CC(O)CC2CO)c1. The summed E-state index contributed by atoms with van der Waals surface area (Å²) >= 11 is 0. The maximum Gasteiger partial charge on any atom is 0.244 e. The van der Waals surface area contributed by atoms with Crippen LogP contribution in [0.5, 0.6) is 0 Å². The molecule has 2 unspecified atom stereocenters. The van der Waals surface area contributed by atoms with Gasteiger partial charge >= 0.3 is 0 Å². The van der Waals surface area contributed by atoms with E-state index in [1.54, 1.807) is 17.1 Å². The summed E-state index contributed by atoms with van der Waals surface area (Å²) in [7, 11) is 0. The largest absolute Gasteiger partial charge is 0.394 e. The average molecular weight is 239 g/mol. The molecule has 0 aliphatic carbocycles. The lowest BCUT2D eigenvalue weighted by atomic mass is 10.2. The highest BCUT2D eigenvalue weighted by molar-refractivity contribution is 5.76. The van der Waals surface area contributed by atoms with Crippen LogP contribution in [0.15, 0.2) is 12.4 Å². The molecule has 6 heteroatoms. The van der Waals surface area contributed by atoms with E-state index in [2.05, 4.69) is 5.10 Å². The number of nitrogens with zero attached hydrogens (tertiary/aromatic N) is 3. The van der Waals surface area contributed by atoms with E-state index < -0.39 is 6.10 Å². The Bertz CT molecular complexity index is 404. The van der Waals surface area contributed by atoms with Crippen LogP contribution < -0.4 is 0 Å².